The Hall–Kier alpha value is -5.80. The summed E-state index contributed by atoms with van der Waals surface area (Å²) in [6.45, 7) is 5.60. The van der Waals surface area contributed by atoms with E-state index in [4.69, 9.17) is 30.2 Å². The van der Waals surface area contributed by atoms with Crippen LogP contribution in [0, 0.1) is 0 Å². The lowest BCUT2D eigenvalue weighted by molar-refractivity contribution is -0.116. The maximum absolute atomic E-state index is 12.8. The van der Waals surface area contributed by atoms with Crippen molar-refractivity contribution in [3.8, 4) is 11.4 Å². The van der Waals surface area contributed by atoms with Gasteiger partial charge in [-0.3, -0.25) is 9.59 Å². The van der Waals surface area contributed by atoms with Gasteiger partial charge in [-0.05, 0) is 67.1 Å². The predicted octanol–water partition coefficient (Wildman–Crippen LogP) is 3.59. The molecule has 0 unspecified atom stereocenters. The number of carbonyl (C=O) groups is 3. The van der Waals surface area contributed by atoms with Crippen LogP contribution >= 0.6 is 0 Å². The van der Waals surface area contributed by atoms with E-state index < -0.39 is 6.03 Å². The van der Waals surface area contributed by atoms with Crippen molar-refractivity contribution in [3.63, 3.8) is 0 Å². The van der Waals surface area contributed by atoms with E-state index in [0.717, 1.165) is 5.56 Å². The molecule has 4 aromatic rings. The minimum atomic E-state index is -0.435. The van der Waals surface area contributed by atoms with E-state index in [-0.39, 0.29) is 18.2 Å². The minimum absolute atomic E-state index is 0.180. The molecule has 50 heavy (non-hydrogen) atoms. The van der Waals surface area contributed by atoms with Crippen molar-refractivity contribution in [2.45, 2.75) is 12.8 Å². The third-order valence-electron chi connectivity index (χ3n) is 8.11. The monoisotopic (exact) mass is 680 g/mol. The molecule has 15 nitrogen and oxygen atoms in total. The molecule has 0 spiro atoms. The number of nitrogens with zero attached hydrogens (tertiary/aromatic N) is 5. The molecule has 260 valence electrons. The van der Waals surface area contributed by atoms with Crippen molar-refractivity contribution < 1.29 is 23.9 Å². The standard InChI is InChI=1S/C35H40N10O5/c36-28-4-1-2-5-29(28)40-30(46)6-3-15-37-32(47)25-9-13-27(14-10-25)39-35(48)38-26-11-7-24(8-12-26)31-41-33(44-16-20-49-21-17-44)43-34(42-31)45-18-22-50-23-19-45/h1-2,4-5,7-14H,3,6,15-23,36H2,(H,37,47)(H,40,46)(H2,38,39,48). The fourth-order valence-corrected chi connectivity index (χ4v) is 5.37. The van der Waals surface area contributed by atoms with Gasteiger partial charge in [0.2, 0.25) is 17.8 Å². The summed E-state index contributed by atoms with van der Waals surface area (Å²) in [5, 5.41) is 11.2. The normalized spacial score (nSPS) is 14.5. The van der Waals surface area contributed by atoms with E-state index in [1.165, 1.54) is 0 Å². The van der Waals surface area contributed by atoms with Gasteiger partial charge >= 0.3 is 6.03 Å². The second kappa shape index (κ2) is 16.5. The summed E-state index contributed by atoms with van der Waals surface area (Å²) in [5.74, 6) is 1.31. The number of hydrogen-bond donors (Lipinski definition) is 5. The Bertz CT molecular complexity index is 1740. The molecule has 0 atom stereocenters. The highest BCUT2D eigenvalue weighted by molar-refractivity contribution is 6.00. The van der Waals surface area contributed by atoms with Gasteiger partial charge in [-0.2, -0.15) is 15.0 Å². The fourth-order valence-electron chi connectivity index (χ4n) is 5.37. The summed E-state index contributed by atoms with van der Waals surface area (Å²) < 4.78 is 11.0. The van der Waals surface area contributed by atoms with Gasteiger partial charge < -0.3 is 46.3 Å². The van der Waals surface area contributed by atoms with Crippen molar-refractivity contribution in [3.05, 3.63) is 78.4 Å². The van der Waals surface area contributed by atoms with E-state index in [0.29, 0.717) is 112 Å². The van der Waals surface area contributed by atoms with Crippen molar-refractivity contribution in [1.82, 2.24) is 20.3 Å². The summed E-state index contributed by atoms with van der Waals surface area (Å²) in [6, 6.07) is 20.4. The number of morpholine rings is 2. The van der Waals surface area contributed by atoms with Crippen LogP contribution in [0.25, 0.3) is 11.4 Å². The van der Waals surface area contributed by atoms with Crippen LogP contribution in [0.4, 0.5) is 39.4 Å². The van der Waals surface area contributed by atoms with Gasteiger partial charge in [-0.1, -0.05) is 12.1 Å². The Balaban J connectivity index is 0.988. The van der Waals surface area contributed by atoms with Gasteiger partial charge in [0.1, 0.15) is 0 Å². The molecule has 6 rings (SSSR count). The van der Waals surface area contributed by atoms with Gasteiger partial charge in [-0.15, -0.1) is 0 Å². The van der Waals surface area contributed by atoms with E-state index in [2.05, 4.69) is 31.1 Å². The summed E-state index contributed by atoms with van der Waals surface area (Å²) in [6.07, 6.45) is 0.699. The Morgan fingerprint density at radius 1 is 0.700 bits per heavy atom. The van der Waals surface area contributed by atoms with Crippen molar-refractivity contribution in [2.24, 2.45) is 0 Å². The number of para-hydroxylation sites is 2. The number of anilines is 6. The highest BCUT2D eigenvalue weighted by Gasteiger charge is 2.21. The molecule has 0 saturated carbocycles. The zero-order valence-electron chi connectivity index (χ0n) is 27.6. The Morgan fingerprint density at radius 3 is 1.84 bits per heavy atom. The number of aromatic nitrogens is 3. The van der Waals surface area contributed by atoms with Crippen LogP contribution in [0.1, 0.15) is 23.2 Å². The van der Waals surface area contributed by atoms with Crippen molar-refractivity contribution in [1.29, 1.82) is 0 Å². The third kappa shape index (κ3) is 9.21. The number of carbonyl (C=O) groups excluding carboxylic acids is 3. The molecule has 0 bridgehead atoms. The fraction of sp³-hybridized carbons (Fsp3) is 0.314. The first-order valence-corrected chi connectivity index (χ1v) is 16.5. The van der Waals surface area contributed by atoms with Crippen LogP contribution in [0.5, 0.6) is 0 Å². The van der Waals surface area contributed by atoms with Crippen molar-refractivity contribution in [2.75, 3.05) is 90.6 Å². The first kappa shape index (κ1) is 34.1. The molecule has 0 radical (unpaired) electrons. The quantitative estimate of drug-likeness (QED) is 0.115. The Labute approximate surface area is 289 Å². The van der Waals surface area contributed by atoms with Crippen LogP contribution < -0.4 is 36.8 Å². The minimum Gasteiger partial charge on any atom is -0.397 e. The topological polar surface area (TPSA) is 189 Å². The lowest BCUT2D eigenvalue weighted by atomic mass is 10.2. The zero-order valence-corrected chi connectivity index (χ0v) is 27.6. The Kier molecular flexibility index (Phi) is 11.3. The van der Waals surface area contributed by atoms with Gasteiger partial charge in [0.25, 0.3) is 5.91 Å². The molecular weight excluding hydrogens is 640 g/mol. The number of nitrogens with one attached hydrogen (secondary N) is 4. The zero-order chi connectivity index (χ0) is 34.7. The number of amides is 4. The summed E-state index contributed by atoms with van der Waals surface area (Å²) in [5.41, 5.74) is 9.23. The number of nitrogen functional groups attached to an aromatic ring is 1. The molecule has 2 aliphatic rings. The number of benzene rings is 3. The average Bonchev–Trinajstić information content (AvgIpc) is 3.15. The predicted molar refractivity (Wildman–Crippen MR) is 191 cm³/mol. The first-order valence-electron chi connectivity index (χ1n) is 16.5. The highest BCUT2D eigenvalue weighted by atomic mass is 16.5. The molecule has 2 fully saturated rings. The molecule has 6 N–H and O–H groups in total. The molecule has 3 aromatic carbocycles. The van der Waals surface area contributed by atoms with Gasteiger partial charge in [0.05, 0.1) is 37.8 Å². The highest BCUT2D eigenvalue weighted by Crippen LogP contribution is 2.24. The number of hydrogen-bond acceptors (Lipinski definition) is 11. The molecule has 1 aromatic heterocycles. The SMILES string of the molecule is Nc1ccccc1NC(=O)CCCNC(=O)c1ccc(NC(=O)Nc2ccc(-c3nc(N4CCOCC4)nc(N4CCOCC4)n3)cc2)cc1. The molecule has 3 heterocycles. The maximum atomic E-state index is 12.8. The summed E-state index contributed by atoms with van der Waals surface area (Å²) >= 11 is 0. The van der Waals surface area contributed by atoms with E-state index >= 15 is 0 Å². The van der Waals surface area contributed by atoms with E-state index in [9.17, 15) is 14.4 Å². The van der Waals surface area contributed by atoms with Crippen LogP contribution in [0.3, 0.4) is 0 Å². The molecule has 2 saturated heterocycles. The van der Waals surface area contributed by atoms with Crippen LogP contribution in [-0.4, -0.2) is 91.9 Å². The second-order valence-corrected chi connectivity index (χ2v) is 11.7. The largest absolute Gasteiger partial charge is 0.397 e. The van der Waals surface area contributed by atoms with Gasteiger partial charge in [-0.25, -0.2) is 4.79 Å². The summed E-state index contributed by atoms with van der Waals surface area (Å²) in [7, 11) is 0. The van der Waals surface area contributed by atoms with Crippen LogP contribution in [-0.2, 0) is 14.3 Å². The van der Waals surface area contributed by atoms with Crippen molar-refractivity contribution >= 4 is 52.5 Å². The molecule has 0 aliphatic carbocycles. The number of ether oxygens (including phenoxy) is 2. The van der Waals surface area contributed by atoms with E-state index in [1.54, 1.807) is 60.7 Å². The van der Waals surface area contributed by atoms with Gasteiger partial charge in [0.15, 0.2) is 5.82 Å². The number of urea groups is 1. The second-order valence-electron chi connectivity index (χ2n) is 11.7. The van der Waals surface area contributed by atoms with E-state index in [1.807, 2.05) is 12.1 Å². The lowest BCUT2D eigenvalue weighted by Crippen LogP contribution is -2.40. The number of rotatable bonds is 11. The molecule has 2 aliphatic heterocycles. The lowest BCUT2D eigenvalue weighted by Gasteiger charge is -2.30. The van der Waals surface area contributed by atoms with Crippen LogP contribution in [0.15, 0.2) is 72.8 Å². The Morgan fingerprint density at radius 2 is 1.26 bits per heavy atom. The maximum Gasteiger partial charge on any atom is 0.323 e. The summed E-state index contributed by atoms with van der Waals surface area (Å²) in [4.78, 5) is 56.0. The molecule has 15 heteroatoms. The molecule has 4 amide bonds. The van der Waals surface area contributed by atoms with Gasteiger partial charge in [0, 0.05) is 61.6 Å². The first-order chi connectivity index (χ1) is 24.4. The number of nitrogens with two attached hydrogens (primary N) is 1. The average molecular weight is 681 g/mol. The third-order valence-corrected chi connectivity index (χ3v) is 8.11. The van der Waals surface area contributed by atoms with Crippen LogP contribution in [0.2, 0.25) is 0 Å². The molecular formula is C35H40N10O5. The smallest absolute Gasteiger partial charge is 0.323 e.